The number of hydrogen-bond donors (Lipinski definition) is 1. The predicted molar refractivity (Wildman–Crippen MR) is 122 cm³/mol. The average molecular weight is 415 g/mol. The van der Waals surface area contributed by atoms with Gasteiger partial charge in [-0.05, 0) is 55.0 Å². The number of aryl methyl sites for hydroxylation is 1. The van der Waals surface area contributed by atoms with Gasteiger partial charge >= 0.3 is 0 Å². The summed E-state index contributed by atoms with van der Waals surface area (Å²) in [6, 6.07) is 14.4. The minimum Gasteiger partial charge on any atom is -0.497 e. The van der Waals surface area contributed by atoms with Crippen LogP contribution in [0.25, 0.3) is 16.9 Å². The van der Waals surface area contributed by atoms with Crippen molar-refractivity contribution in [3.8, 4) is 17.0 Å². The van der Waals surface area contributed by atoms with Gasteiger partial charge in [0.2, 0.25) is 0 Å². The second-order valence-electron chi connectivity index (χ2n) is 7.57. The van der Waals surface area contributed by atoms with E-state index in [-0.39, 0.29) is 0 Å². The van der Waals surface area contributed by atoms with E-state index in [9.17, 15) is 0 Å². The van der Waals surface area contributed by atoms with Crippen LogP contribution in [0.3, 0.4) is 0 Å². The van der Waals surface area contributed by atoms with Crippen LogP contribution in [0, 0.1) is 6.92 Å². The maximum Gasteiger partial charge on any atom is 0.180 e. The van der Waals surface area contributed by atoms with Crippen molar-refractivity contribution >= 4 is 22.8 Å². The summed E-state index contributed by atoms with van der Waals surface area (Å²) in [4.78, 5) is 11.5. The van der Waals surface area contributed by atoms with Gasteiger partial charge in [0.25, 0.3) is 0 Å². The molecule has 5 rings (SSSR count). The molecule has 1 aliphatic heterocycles. The van der Waals surface area contributed by atoms with Crippen LogP contribution in [0.4, 0.5) is 17.2 Å². The molecule has 0 unspecified atom stereocenters. The monoisotopic (exact) mass is 415 g/mol. The lowest BCUT2D eigenvalue weighted by molar-refractivity contribution is 0.122. The zero-order valence-corrected chi connectivity index (χ0v) is 17.7. The number of rotatable bonds is 5. The number of aromatic nitrogens is 3. The van der Waals surface area contributed by atoms with Gasteiger partial charge in [0, 0.05) is 42.4 Å². The van der Waals surface area contributed by atoms with Gasteiger partial charge in [-0.15, -0.1) is 0 Å². The Bertz CT molecular complexity index is 1200. The Labute approximate surface area is 181 Å². The minimum absolute atomic E-state index is 0.723. The van der Waals surface area contributed by atoms with Crippen LogP contribution < -0.4 is 15.0 Å². The third-order valence-corrected chi connectivity index (χ3v) is 5.63. The van der Waals surface area contributed by atoms with E-state index < -0.39 is 0 Å². The molecule has 1 N–H and O–H groups in total. The van der Waals surface area contributed by atoms with Gasteiger partial charge in [0.05, 0.1) is 32.2 Å². The number of ether oxygens (including phenoxy) is 2. The van der Waals surface area contributed by atoms with E-state index in [0.717, 1.165) is 60.5 Å². The van der Waals surface area contributed by atoms with Gasteiger partial charge in [0.1, 0.15) is 5.75 Å². The number of nitrogens with zero attached hydrogens (tertiary/aromatic N) is 4. The Morgan fingerprint density at radius 1 is 1.03 bits per heavy atom. The Morgan fingerprint density at radius 3 is 2.58 bits per heavy atom. The molecular weight excluding hydrogens is 390 g/mol. The van der Waals surface area contributed by atoms with E-state index in [0.29, 0.717) is 0 Å². The first-order chi connectivity index (χ1) is 15.2. The lowest BCUT2D eigenvalue weighted by Crippen LogP contribution is -2.36. The third-order valence-electron chi connectivity index (χ3n) is 5.63. The van der Waals surface area contributed by atoms with Crippen LogP contribution in [0.15, 0.2) is 61.1 Å². The lowest BCUT2D eigenvalue weighted by atomic mass is 10.1. The van der Waals surface area contributed by atoms with E-state index in [4.69, 9.17) is 9.47 Å². The predicted octanol–water partition coefficient (Wildman–Crippen LogP) is 4.29. The van der Waals surface area contributed by atoms with Crippen molar-refractivity contribution in [3.05, 3.63) is 66.6 Å². The number of benzene rings is 2. The van der Waals surface area contributed by atoms with Gasteiger partial charge in [-0.1, -0.05) is 0 Å². The summed E-state index contributed by atoms with van der Waals surface area (Å²) in [5.41, 5.74) is 6.31. The van der Waals surface area contributed by atoms with Gasteiger partial charge in [-0.25, -0.2) is 9.97 Å². The highest BCUT2D eigenvalue weighted by Gasteiger charge is 2.15. The van der Waals surface area contributed by atoms with Gasteiger partial charge in [0.15, 0.2) is 11.5 Å². The number of methoxy groups -OCH3 is 1. The van der Waals surface area contributed by atoms with Crippen LogP contribution in [-0.2, 0) is 4.74 Å². The smallest absolute Gasteiger partial charge is 0.180 e. The minimum atomic E-state index is 0.723. The van der Waals surface area contributed by atoms with E-state index in [1.165, 1.54) is 11.3 Å². The molecule has 4 aromatic rings. The second kappa shape index (κ2) is 8.28. The molecule has 0 aliphatic carbocycles. The van der Waals surface area contributed by atoms with Crippen LogP contribution in [0.5, 0.6) is 5.75 Å². The van der Waals surface area contributed by atoms with E-state index in [1.54, 1.807) is 13.3 Å². The lowest BCUT2D eigenvalue weighted by Gasteiger charge is -2.30. The fourth-order valence-corrected chi connectivity index (χ4v) is 4.01. The number of morpholine rings is 1. The quantitative estimate of drug-likeness (QED) is 0.525. The maximum absolute atomic E-state index is 5.47. The largest absolute Gasteiger partial charge is 0.497 e. The molecule has 0 amide bonds. The summed E-state index contributed by atoms with van der Waals surface area (Å²) in [6.07, 6.45) is 5.59. The highest BCUT2D eigenvalue weighted by atomic mass is 16.5. The van der Waals surface area contributed by atoms with Crippen molar-refractivity contribution in [1.29, 1.82) is 0 Å². The number of imidazole rings is 1. The van der Waals surface area contributed by atoms with E-state index >= 15 is 0 Å². The zero-order valence-electron chi connectivity index (χ0n) is 17.7. The normalized spacial score (nSPS) is 14.1. The topological polar surface area (TPSA) is 63.9 Å². The molecule has 2 aromatic carbocycles. The van der Waals surface area contributed by atoms with Gasteiger partial charge in [-0.3, -0.25) is 4.40 Å². The summed E-state index contributed by atoms with van der Waals surface area (Å²) in [7, 11) is 1.67. The first-order valence-corrected chi connectivity index (χ1v) is 10.4. The molecule has 0 radical (unpaired) electrons. The molecule has 1 saturated heterocycles. The van der Waals surface area contributed by atoms with Crippen LogP contribution >= 0.6 is 0 Å². The summed E-state index contributed by atoms with van der Waals surface area (Å²) >= 11 is 0. The molecule has 7 nitrogen and oxygen atoms in total. The van der Waals surface area contributed by atoms with Crippen molar-refractivity contribution in [2.24, 2.45) is 0 Å². The van der Waals surface area contributed by atoms with Gasteiger partial charge < -0.3 is 19.7 Å². The van der Waals surface area contributed by atoms with E-state index in [1.807, 2.05) is 41.1 Å². The molecule has 3 heterocycles. The average Bonchev–Trinajstić information content (AvgIpc) is 3.25. The highest BCUT2D eigenvalue weighted by Crippen LogP contribution is 2.29. The molecular formula is C24H25N5O2. The number of anilines is 3. The molecule has 0 bridgehead atoms. The molecule has 1 fully saturated rings. The summed E-state index contributed by atoms with van der Waals surface area (Å²) in [6.45, 7) is 5.55. The Balaban J connectivity index is 1.43. The Kier molecular flexibility index (Phi) is 5.18. The van der Waals surface area contributed by atoms with Crippen molar-refractivity contribution in [2.75, 3.05) is 43.6 Å². The molecule has 31 heavy (non-hydrogen) atoms. The number of nitrogens with one attached hydrogen (secondary N) is 1. The van der Waals surface area contributed by atoms with Gasteiger partial charge in [-0.2, -0.15) is 0 Å². The summed E-state index contributed by atoms with van der Waals surface area (Å²) < 4.78 is 12.8. The SMILES string of the molecule is COc1ccc(-c2cnc3c(Nc4ccc(N5CCOCC5)c(C)c4)nccn23)cc1. The highest BCUT2D eigenvalue weighted by molar-refractivity contribution is 5.75. The van der Waals surface area contributed by atoms with Crippen molar-refractivity contribution in [3.63, 3.8) is 0 Å². The first kappa shape index (κ1) is 19.4. The number of hydrogen-bond acceptors (Lipinski definition) is 6. The summed E-state index contributed by atoms with van der Waals surface area (Å²) in [5, 5.41) is 3.44. The molecule has 7 heteroatoms. The Hall–Kier alpha value is -3.58. The zero-order chi connectivity index (χ0) is 21.2. The third kappa shape index (κ3) is 3.80. The molecule has 158 valence electrons. The van der Waals surface area contributed by atoms with Crippen molar-refractivity contribution in [2.45, 2.75) is 6.92 Å². The first-order valence-electron chi connectivity index (χ1n) is 10.4. The molecule has 2 aromatic heterocycles. The second-order valence-corrected chi connectivity index (χ2v) is 7.57. The van der Waals surface area contributed by atoms with Crippen LogP contribution in [-0.4, -0.2) is 47.8 Å². The summed E-state index contributed by atoms with van der Waals surface area (Å²) in [5.74, 6) is 1.55. The fourth-order valence-electron chi connectivity index (χ4n) is 4.01. The van der Waals surface area contributed by atoms with Crippen LogP contribution in [0.2, 0.25) is 0 Å². The Morgan fingerprint density at radius 2 is 1.84 bits per heavy atom. The number of fused-ring (bicyclic) bond motifs is 1. The molecule has 0 saturated carbocycles. The maximum atomic E-state index is 5.47. The van der Waals surface area contributed by atoms with Crippen molar-refractivity contribution < 1.29 is 9.47 Å². The fraction of sp³-hybridized carbons (Fsp3) is 0.250. The molecule has 1 aliphatic rings. The van der Waals surface area contributed by atoms with Crippen molar-refractivity contribution in [1.82, 2.24) is 14.4 Å². The van der Waals surface area contributed by atoms with Crippen LogP contribution in [0.1, 0.15) is 5.56 Å². The molecule has 0 spiro atoms. The van der Waals surface area contributed by atoms with E-state index in [2.05, 4.69) is 45.3 Å². The molecule has 0 atom stereocenters. The standard InChI is InChI=1S/C24H25N5O2/c1-17-15-19(5-8-21(17)28-11-13-31-14-12-28)27-23-24-26-16-22(29(24)10-9-25-23)18-3-6-20(30-2)7-4-18/h3-10,15-16H,11-14H2,1-2H3,(H,25,27).